The molecular formula is C18H21NO3. The van der Waals surface area contributed by atoms with E-state index in [9.17, 15) is 9.59 Å². The molecule has 22 heavy (non-hydrogen) atoms. The number of ether oxygens (including phenoxy) is 1. The summed E-state index contributed by atoms with van der Waals surface area (Å²) in [5, 5.41) is 0.596. The Morgan fingerprint density at radius 1 is 1.23 bits per heavy atom. The molecule has 1 aromatic carbocycles. The van der Waals surface area contributed by atoms with Gasteiger partial charge in [0.1, 0.15) is 5.56 Å². The largest absolute Gasteiger partial charge is 0.462 e. The monoisotopic (exact) mass is 299 g/mol. The van der Waals surface area contributed by atoms with Gasteiger partial charge in [-0.25, -0.2) is 4.79 Å². The summed E-state index contributed by atoms with van der Waals surface area (Å²) in [6.45, 7) is 2.02. The molecule has 0 saturated heterocycles. The van der Waals surface area contributed by atoms with Gasteiger partial charge in [-0.05, 0) is 31.9 Å². The molecule has 1 aromatic heterocycles. The number of nitrogens with zero attached hydrogens (tertiary/aromatic N) is 1. The summed E-state index contributed by atoms with van der Waals surface area (Å²) in [5.41, 5.74) is 0.819. The summed E-state index contributed by atoms with van der Waals surface area (Å²) in [6, 6.07) is 7.88. The van der Waals surface area contributed by atoms with Crippen molar-refractivity contribution in [2.75, 3.05) is 6.61 Å². The van der Waals surface area contributed by atoms with Crippen LogP contribution >= 0.6 is 0 Å². The number of pyridine rings is 1. The van der Waals surface area contributed by atoms with Crippen LogP contribution in [0, 0.1) is 0 Å². The first kappa shape index (κ1) is 14.8. The Hall–Kier alpha value is -2.10. The van der Waals surface area contributed by atoms with Gasteiger partial charge in [0.15, 0.2) is 0 Å². The standard InChI is InChI=1S/C18H21NO3/c1-2-22-18(21)15-12-19(13-8-4-3-5-9-13)16-11-7-6-10-14(16)17(15)20/h6-7,10-13H,2-5,8-9H2,1H3. The van der Waals surface area contributed by atoms with Crippen molar-refractivity contribution in [3.8, 4) is 0 Å². The molecule has 1 aliphatic carbocycles. The van der Waals surface area contributed by atoms with Gasteiger partial charge >= 0.3 is 5.97 Å². The second kappa shape index (κ2) is 6.34. The molecule has 1 heterocycles. The molecule has 1 aliphatic rings. The van der Waals surface area contributed by atoms with Crippen LogP contribution in [0.4, 0.5) is 0 Å². The lowest BCUT2D eigenvalue weighted by molar-refractivity contribution is 0.0524. The topological polar surface area (TPSA) is 48.3 Å². The molecule has 0 amide bonds. The normalized spacial score (nSPS) is 15.9. The second-order valence-corrected chi connectivity index (χ2v) is 5.81. The van der Waals surface area contributed by atoms with Gasteiger partial charge in [0.2, 0.25) is 5.43 Å². The van der Waals surface area contributed by atoms with E-state index in [2.05, 4.69) is 4.57 Å². The van der Waals surface area contributed by atoms with E-state index in [1.807, 2.05) is 18.2 Å². The first-order valence-corrected chi connectivity index (χ1v) is 8.03. The van der Waals surface area contributed by atoms with Crippen LogP contribution in [0.1, 0.15) is 55.4 Å². The van der Waals surface area contributed by atoms with Crippen molar-refractivity contribution in [1.29, 1.82) is 0 Å². The first-order valence-electron chi connectivity index (χ1n) is 8.03. The maximum atomic E-state index is 12.6. The van der Waals surface area contributed by atoms with E-state index in [0.717, 1.165) is 18.4 Å². The molecule has 0 bridgehead atoms. The van der Waals surface area contributed by atoms with Crippen LogP contribution in [0.25, 0.3) is 10.9 Å². The quantitative estimate of drug-likeness (QED) is 0.812. The smallest absolute Gasteiger partial charge is 0.343 e. The molecule has 3 rings (SSSR count). The highest BCUT2D eigenvalue weighted by Gasteiger charge is 2.21. The third kappa shape index (κ3) is 2.65. The molecular weight excluding hydrogens is 278 g/mol. The highest BCUT2D eigenvalue weighted by atomic mass is 16.5. The number of esters is 1. The number of rotatable bonds is 3. The average Bonchev–Trinajstić information content (AvgIpc) is 2.56. The van der Waals surface area contributed by atoms with Crippen molar-refractivity contribution in [3.63, 3.8) is 0 Å². The Kier molecular flexibility index (Phi) is 4.27. The molecule has 0 spiro atoms. The van der Waals surface area contributed by atoms with Crippen LogP contribution in [0.5, 0.6) is 0 Å². The molecule has 0 aliphatic heterocycles. The minimum Gasteiger partial charge on any atom is -0.462 e. The number of para-hydroxylation sites is 1. The van der Waals surface area contributed by atoms with E-state index in [1.54, 1.807) is 19.2 Å². The Bertz CT molecular complexity index is 742. The third-order valence-corrected chi connectivity index (χ3v) is 4.40. The maximum absolute atomic E-state index is 12.6. The fourth-order valence-corrected chi connectivity index (χ4v) is 3.32. The summed E-state index contributed by atoms with van der Waals surface area (Å²) >= 11 is 0. The van der Waals surface area contributed by atoms with E-state index in [4.69, 9.17) is 4.74 Å². The molecule has 116 valence electrons. The predicted octanol–water partition coefficient (Wildman–Crippen LogP) is 3.68. The molecule has 0 unspecified atom stereocenters. The van der Waals surface area contributed by atoms with Gasteiger partial charge in [-0.2, -0.15) is 0 Å². The second-order valence-electron chi connectivity index (χ2n) is 5.81. The molecule has 0 N–H and O–H groups in total. The van der Waals surface area contributed by atoms with Gasteiger partial charge in [0, 0.05) is 17.6 Å². The Balaban J connectivity index is 2.19. The number of hydrogen-bond donors (Lipinski definition) is 0. The number of aromatic nitrogens is 1. The van der Waals surface area contributed by atoms with Crippen LogP contribution in [-0.4, -0.2) is 17.1 Å². The molecule has 1 saturated carbocycles. The summed E-state index contributed by atoms with van der Waals surface area (Å²) < 4.78 is 7.16. The lowest BCUT2D eigenvalue weighted by Crippen LogP contribution is -2.23. The van der Waals surface area contributed by atoms with Crippen molar-refractivity contribution in [2.24, 2.45) is 0 Å². The SMILES string of the molecule is CCOC(=O)c1cn(C2CCCCC2)c2ccccc2c1=O. The molecule has 2 aromatic rings. The summed E-state index contributed by atoms with van der Waals surface area (Å²) in [7, 11) is 0. The summed E-state index contributed by atoms with van der Waals surface area (Å²) in [4.78, 5) is 24.7. The molecule has 4 heteroatoms. The van der Waals surface area contributed by atoms with Gasteiger partial charge in [0.25, 0.3) is 0 Å². The van der Waals surface area contributed by atoms with Gasteiger partial charge in [-0.1, -0.05) is 31.4 Å². The van der Waals surface area contributed by atoms with Crippen molar-refractivity contribution < 1.29 is 9.53 Å². The van der Waals surface area contributed by atoms with Gasteiger partial charge < -0.3 is 9.30 Å². The van der Waals surface area contributed by atoms with Crippen LogP contribution in [0.3, 0.4) is 0 Å². The minimum atomic E-state index is -0.525. The zero-order chi connectivity index (χ0) is 15.5. The van der Waals surface area contributed by atoms with E-state index in [1.165, 1.54) is 19.3 Å². The number of benzene rings is 1. The van der Waals surface area contributed by atoms with Crippen LogP contribution in [0.15, 0.2) is 35.3 Å². The summed E-state index contributed by atoms with van der Waals surface area (Å²) in [6.07, 6.45) is 7.54. The van der Waals surface area contributed by atoms with Crippen molar-refractivity contribution in [2.45, 2.75) is 45.1 Å². The van der Waals surface area contributed by atoms with Crippen molar-refractivity contribution in [3.05, 3.63) is 46.2 Å². The minimum absolute atomic E-state index is 0.145. The summed E-state index contributed by atoms with van der Waals surface area (Å²) in [5.74, 6) is -0.525. The van der Waals surface area contributed by atoms with E-state index in [-0.39, 0.29) is 17.6 Å². The average molecular weight is 299 g/mol. The molecule has 1 fully saturated rings. The number of carbonyl (C=O) groups is 1. The fraction of sp³-hybridized carbons (Fsp3) is 0.444. The van der Waals surface area contributed by atoms with Crippen molar-refractivity contribution >= 4 is 16.9 Å². The number of hydrogen-bond acceptors (Lipinski definition) is 3. The Labute approximate surface area is 129 Å². The van der Waals surface area contributed by atoms with Crippen LogP contribution in [-0.2, 0) is 4.74 Å². The Morgan fingerprint density at radius 3 is 2.68 bits per heavy atom. The number of carbonyl (C=O) groups excluding carboxylic acids is 1. The van der Waals surface area contributed by atoms with Crippen LogP contribution in [0.2, 0.25) is 0 Å². The lowest BCUT2D eigenvalue weighted by Gasteiger charge is -2.26. The van der Waals surface area contributed by atoms with E-state index >= 15 is 0 Å². The van der Waals surface area contributed by atoms with Crippen molar-refractivity contribution in [1.82, 2.24) is 4.57 Å². The predicted molar refractivity (Wildman–Crippen MR) is 86.3 cm³/mol. The zero-order valence-corrected chi connectivity index (χ0v) is 12.9. The zero-order valence-electron chi connectivity index (χ0n) is 12.9. The van der Waals surface area contributed by atoms with Gasteiger partial charge in [-0.15, -0.1) is 0 Å². The van der Waals surface area contributed by atoms with Crippen LogP contribution < -0.4 is 5.43 Å². The van der Waals surface area contributed by atoms with E-state index in [0.29, 0.717) is 11.4 Å². The molecule has 0 atom stereocenters. The van der Waals surface area contributed by atoms with Gasteiger partial charge in [0.05, 0.1) is 12.1 Å². The fourth-order valence-electron chi connectivity index (χ4n) is 3.32. The number of fused-ring (bicyclic) bond motifs is 1. The maximum Gasteiger partial charge on any atom is 0.343 e. The highest BCUT2D eigenvalue weighted by Crippen LogP contribution is 2.30. The lowest BCUT2D eigenvalue weighted by atomic mass is 9.94. The van der Waals surface area contributed by atoms with E-state index < -0.39 is 5.97 Å². The third-order valence-electron chi connectivity index (χ3n) is 4.40. The highest BCUT2D eigenvalue weighted by molar-refractivity contribution is 5.93. The van der Waals surface area contributed by atoms with Gasteiger partial charge in [-0.3, -0.25) is 4.79 Å². The molecule has 4 nitrogen and oxygen atoms in total. The molecule has 0 radical (unpaired) electrons. The Morgan fingerprint density at radius 2 is 1.95 bits per heavy atom. The first-order chi connectivity index (χ1) is 10.7.